The second-order valence-corrected chi connectivity index (χ2v) is 24.7. The van der Waals surface area contributed by atoms with Gasteiger partial charge in [-0.15, -0.1) is 0 Å². The van der Waals surface area contributed by atoms with E-state index in [1.807, 2.05) is 33.3 Å². The number of nitrogens with one attached hydrogen (secondary N) is 1. The van der Waals surface area contributed by atoms with Crippen molar-refractivity contribution >= 4 is 19.7 Å². The number of allylic oxidation sites excluding steroid dienone is 11. The van der Waals surface area contributed by atoms with E-state index >= 15 is 0 Å². The molecule has 0 heterocycles. The molecule has 0 fully saturated rings. The van der Waals surface area contributed by atoms with E-state index in [1.165, 1.54) is 167 Å². The van der Waals surface area contributed by atoms with Crippen molar-refractivity contribution in [3.05, 3.63) is 72.9 Å². The molecule has 0 spiro atoms. The van der Waals surface area contributed by atoms with Crippen LogP contribution in [0.15, 0.2) is 72.9 Å². The fraction of sp³-hybridized carbons (Fsp3) is 0.794. The summed E-state index contributed by atoms with van der Waals surface area (Å²) in [6, 6.07) is -0.858. The number of nitrogens with zero attached hydrogens (tertiary/aromatic N) is 1. The van der Waals surface area contributed by atoms with Crippen molar-refractivity contribution in [2.24, 2.45) is 0 Å². The molecule has 0 aromatic heterocycles. The Balaban J connectivity index is 5.00. The van der Waals surface area contributed by atoms with Crippen LogP contribution < -0.4 is 5.32 Å². The first-order valence-electron chi connectivity index (χ1n) is 32.8. The Morgan fingerprint density at radius 3 is 1.26 bits per heavy atom. The molecule has 0 aliphatic rings. The van der Waals surface area contributed by atoms with Gasteiger partial charge >= 0.3 is 13.8 Å². The van der Waals surface area contributed by atoms with Gasteiger partial charge in [-0.2, -0.15) is 0 Å². The highest BCUT2D eigenvalue weighted by molar-refractivity contribution is 7.47. The lowest BCUT2D eigenvalue weighted by Crippen LogP contribution is -2.47. The fourth-order valence-electron chi connectivity index (χ4n) is 9.34. The molecule has 0 aliphatic carbocycles. The Kier molecular flexibility index (Phi) is 55.8. The summed E-state index contributed by atoms with van der Waals surface area (Å²) >= 11 is 0. The highest BCUT2D eigenvalue weighted by Crippen LogP contribution is 2.43. The summed E-state index contributed by atoms with van der Waals surface area (Å²) in [7, 11) is 1.48. The molecular formula is C68H126N2O7P+. The minimum absolute atomic E-state index is 0.0353. The van der Waals surface area contributed by atoms with Gasteiger partial charge < -0.3 is 19.4 Å². The predicted molar refractivity (Wildman–Crippen MR) is 337 cm³/mol. The van der Waals surface area contributed by atoms with Gasteiger partial charge in [-0.1, -0.05) is 261 Å². The molecule has 1 amide bonds. The molecule has 0 aromatic rings. The molecule has 0 saturated carbocycles. The van der Waals surface area contributed by atoms with Gasteiger partial charge in [-0.05, 0) is 96.0 Å². The molecule has 454 valence electrons. The van der Waals surface area contributed by atoms with Crippen LogP contribution in [0.1, 0.15) is 297 Å². The molecule has 2 N–H and O–H groups in total. The van der Waals surface area contributed by atoms with Crippen LogP contribution in [0.4, 0.5) is 0 Å². The van der Waals surface area contributed by atoms with Crippen LogP contribution in [0.25, 0.3) is 0 Å². The lowest BCUT2D eigenvalue weighted by Gasteiger charge is -2.27. The smallest absolute Gasteiger partial charge is 0.456 e. The summed E-state index contributed by atoms with van der Waals surface area (Å²) < 4.78 is 30.7. The largest absolute Gasteiger partial charge is 0.472 e. The molecule has 0 aromatic carbocycles. The molecular weight excluding hydrogens is 988 g/mol. The maximum atomic E-state index is 13.6. The number of carbonyl (C=O) groups is 2. The SMILES string of the molecule is CC/C=C/C/C=C/C/C=C/CCCCCCC(=O)OC(/C=C\CCCCCCCCCCC)C(COP(=O)(O)OCC[N+](C)(C)C)NC(=O)CCCCCCCCCCCCCCCCCCC/C=C\C/C=C\CCCCC. The number of hydrogen-bond donors (Lipinski definition) is 2. The molecule has 10 heteroatoms. The van der Waals surface area contributed by atoms with Crippen molar-refractivity contribution in [3.63, 3.8) is 0 Å². The summed E-state index contributed by atoms with van der Waals surface area (Å²) in [6.07, 6.45) is 74.9. The van der Waals surface area contributed by atoms with Crippen LogP contribution in [0.2, 0.25) is 0 Å². The third-order valence-corrected chi connectivity index (χ3v) is 15.4. The first kappa shape index (κ1) is 75.5. The third kappa shape index (κ3) is 58.1. The minimum Gasteiger partial charge on any atom is -0.456 e. The number of quaternary nitrogens is 1. The number of likely N-dealkylation sites (N-methyl/N-ethyl adjacent to an activating group) is 1. The summed E-state index contributed by atoms with van der Waals surface area (Å²) in [5.41, 5.74) is 0. The van der Waals surface area contributed by atoms with Gasteiger partial charge in [0.15, 0.2) is 0 Å². The summed E-state index contributed by atoms with van der Waals surface area (Å²) in [6.45, 7) is 6.87. The Labute approximate surface area is 483 Å². The van der Waals surface area contributed by atoms with Gasteiger partial charge in [-0.25, -0.2) is 4.57 Å². The second-order valence-electron chi connectivity index (χ2n) is 23.3. The Bertz CT molecular complexity index is 1570. The number of phosphoric acid groups is 1. The van der Waals surface area contributed by atoms with E-state index in [-0.39, 0.29) is 31.5 Å². The van der Waals surface area contributed by atoms with Crippen molar-refractivity contribution in [1.82, 2.24) is 5.32 Å². The number of carbonyl (C=O) groups excluding carboxylic acids is 2. The van der Waals surface area contributed by atoms with Crippen molar-refractivity contribution in [3.8, 4) is 0 Å². The maximum Gasteiger partial charge on any atom is 0.472 e. The third-order valence-electron chi connectivity index (χ3n) is 14.4. The number of phosphoric ester groups is 1. The maximum absolute atomic E-state index is 13.6. The predicted octanol–water partition coefficient (Wildman–Crippen LogP) is 20.4. The van der Waals surface area contributed by atoms with Crippen LogP contribution in [-0.2, 0) is 27.9 Å². The van der Waals surface area contributed by atoms with E-state index in [0.717, 1.165) is 89.9 Å². The van der Waals surface area contributed by atoms with Crippen LogP contribution in [0.3, 0.4) is 0 Å². The lowest BCUT2D eigenvalue weighted by molar-refractivity contribution is -0.870. The minimum atomic E-state index is -4.45. The number of rotatable bonds is 59. The molecule has 0 rings (SSSR count). The molecule has 0 saturated heterocycles. The van der Waals surface area contributed by atoms with E-state index < -0.39 is 20.0 Å². The Morgan fingerprint density at radius 1 is 0.462 bits per heavy atom. The molecule has 78 heavy (non-hydrogen) atoms. The van der Waals surface area contributed by atoms with Gasteiger partial charge in [0.05, 0.1) is 33.8 Å². The first-order valence-corrected chi connectivity index (χ1v) is 34.3. The Hall–Kier alpha value is -2.55. The van der Waals surface area contributed by atoms with Crippen LogP contribution in [-0.4, -0.2) is 74.3 Å². The average Bonchev–Trinajstić information content (AvgIpc) is 3.40. The number of esters is 1. The van der Waals surface area contributed by atoms with Crippen molar-refractivity contribution in [2.75, 3.05) is 40.9 Å². The average molecular weight is 1110 g/mol. The summed E-state index contributed by atoms with van der Waals surface area (Å²) in [5, 5.41) is 3.05. The Morgan fingerprint density at radius 2 is 0.821 bits per heavy atom. The second kappa shape index (κ2) is 57.7. The summed E-state index contributed by atoms with van der Waals surface area (Å²) in [5.74, 6) is -0.526. The lowest BCUT2D eigenvalue weighted by atomic mass is 10.0. The van der Waals surface area contributed by atoms with Crippen molar-refractivity contribution in [1.29, 1.82) is 0 Å². The quantitative estimate of drug-likeness (QED) is 0.0205. The van der Waals surface area contributed by atoms with Crippen molar-refractivity contribution < 1.29 is 37.3 Å². The highest BCUT2D eigenvalue weighted by Gasteiger charge is 2.30. The normalized spacial score (nSPS) is 14.1. The number of unbranched alkanes of at least 4 members (excludes halogenated alkanes) is 33. The molecule has 9 nitrogen and oxygen atoms in total. The molecule has 3 atom stereocenters. The van der Waals surface area contributed by atoms with E-state index in [2.05, 4.69) is 86.8 Å². The molecule has 0 radical (unpaired) electrons. The fourth-order valence-corrected chi connectivity index (χ4v) is 10.1. The van der Waals surface area contributed by atoms with E-state index in [1.54, 1.807) is 0 Å². The van der Waals surface area contributed by atoms with E-state index in [4.69, 9.17) is 13.8 Å². The standard InChI is InChI=1S/C68H125N2O7P/c1-7-10-13-16-19-22-25-27-29-30-31-32-33-34-35-36-37-38-39-40-41-42-45-48-51-54-57-60-67(71)69-65(64-76-78(73,74)75-63-62-70(4,5)6)66(59-56-53-50-47-44-24-21-18-15-12-9-3)77-68(72)61-58-55-52-49-46-43-28-26-23-20-17-14-11-8-2/h11,14,19-20,22-23,27-29,43,56,59,65-66H,7-10,12-13,15-18,21,24-26,30-42,44-55,57-58,60-64H2,1-6H3,(H-,69,71,73,74)/p+1/b14-11+,22-19-,23-20+,29-27-,43-28+,59-56-. The van der Waals surface area contributed by atoms with Crippen LogP contribution >= 0.6 is 7.82 Å². The topological polar surface area (TPSA) is 111 Å². The zero-order valence-electron chi connectivity index (χ0n) is 51.9. The highest BCUT2D eigenvalue weighted by atomic mass is 31.2. The van der Waals surface area contributed by atoms with E-state index in [9.17, 15) is 19.0 Å². The zero-order valence-corrected chi connectivity index (χ0v) is 52.8. The van der Waals surface area contributed by atoms with Gasteiger partial charge in [0.2, 0.25) is 5.91 Å². The number of amides is 1. The number of ether oxygens (including phenoxy) is 1. The molecule has 0 aliphatic heterocycles. The first-order chi connectivity index (χ1) is 37.9. The molecule has 0 bridgehead atoms. The van der Waals surface area contributed by atoms with Gasteiger partial charge in [-0.3, -0.25) is 18.6 Å². The van der Waals surface area contributed by atoms with Crippen LogP contribution in [0.5, 0.6) is 0 Å². The van der Waals surface area contributed by atoms with Crippen LogP contribution in [0, 0.1) is 0 Å². The zero-order chi connectivity index (χ0) is 57.2. The number of hydrogen-bond acceptors (Lipinski definition) is 6. The summed E-state index contributed by atoms with van der Waals surface area (Å²) in [4.78, 5) is 37.7. The van der Waals surface area contributed by atoms with Gasteiger partial charge in [0, 0.05) is 12.8 Å². The molecule has 3 unspecified atom stereocenters. The monoisotopic (exact) mass is 1110 g/mol. The van der Waals surface area contributed by atoms with Gasteiger partial charge in [0.25, 0.3) is 0 Å². The van der Waals surface area contributed by atoms with E-state index in [0.29, 0.717) is 23.9 Å². The van der Waals surface area contributed by atoms with Gasteiger partial charge in [0.1, 0.15) is 19.3 Å². The van der Waals surface area contributed by atoms with Crippen molar-refractivity contribution in [2.45, 2.75) is 309 Å².